The summed E-state index contributed by atoms with van der Waals surface area (Å²) in [7, 11) is 3.73. The highest BCUT2D eigenvalue weighted by Gasteiger charge is 2.25. The van der Waals surface area contributed by atoms with Crippen LogP contribution >= 0.6 is 0 Å². The molecule has 1 aliphatic heterocycles. The van der Waals surface area contributed by atoms with E-state index in [2.05, 4.69) is 17.1 Å². The van der Waals surface area contributed by atoms with E-state index in [0.29, 0.717) is 38.5 Å². The van der Waals surface area contributed by atoms with E-state index in [9.17, 15) is 0 Å². The highest BCUT2D eigenvalue weighted by atomic mass is 16.5. The smallest absolute Gasteiger partial charge is 0.0701 e. The first-order valence-corrected chi connectivity index (χ1v) is 7.85. The Hall–Kier alpha value is -0.200. The number of hydrogen-bond donors (Lipinski definition) is 1. The zero-order chi connectivity index (χ0) is 14.6. The molecule has 0 aromatic heterocycles. The van der Waals surface area contributed by atoms with Gasteiger partial charge in [-0.2, -0.15) is 0 Å². The fourth-order valence-corrected chi connectivity index (χ4v) is 2.70. The Balaban J connectivity index is 2.07. The molecule has 5 nitrogen and oxygen atoms in total. The van der Waals surface area contributed by atoms with Crippen LogP contribution in [-0.4, -0.2) is 77.3 Å². The zero-order valence-corrected chi connectivity index (χ0v) is 13.4. The number of methoxy groups -OCH3 is 1. The molecular formula is C15H32N2O3. The third kappa shape index (κ3) is 6.99. The van der Waals surface area contributed by atoms with E-state index in [4.69, 9.17) is 14.2 Å². The summed E-state index contributed by atoms with van der Waals surface area (Å²) in [6, 6.07) is 1.20. The number of rotatable bonds is 11. The molecule has 2 unspecified atom stereocenters. The highest BCUT2D eigenvalue weighted by molar-refractivity contribution is 4.84. The number of hydrogen-bond acceptors (Lipinski definition) is 5. The molecule has 0 bridgehead atoms. The molecule has 1 saturated heterocycles. The summed E-state index contributed by atoms with van der Waals surface area (Å²) in [6.07, 6.45) is 3.95. The Morgan fingerprint density at radius 1 is 1.10 bits per heavy atom. The number of ether oxygens (including phenoxy) is 3. The van der Waals surface area contributed by atoms with Crippen molar-refractivity contribution in [2.75, 3.05) is 60.3 Å². The molecule has 0 amide bonds. The average Bonchev–Trinajstić information content (AvgIpc) is 2.49. The lowest BCUT2D eigenvalue weighted by Gasteiger charge is -2.39. The monoisotopic (exact) mass is 288 g/mol. The summed E-state index contributed by atoms with van der Waals surface area (Å²) in [5.41, 5.74) is 0. The van der Waals surface area contributed by atoms with Crippen LogP contribution in [-0.2, 0) is 14.2 Å². The van der Waals surface area contributed by atoms with Gasteiger partial charge in [-0.3, -0.25) is 4.90 Å². The third-order valence-electron chi connectivity index (χ3n) is 4.02. The van der Waals surface area contributed by atoms with Gasteiger partial charge in [-0.15, -0.1) is 0 Å². The molecule has 5 heteroatoms. The molecule has 0 aromatic rings. The molecule has 1 rings (SSSR count). The van der Waals surface area contributed by atoms with Crippen LogP contribution in [0.4, 0.5) is 0 Å². The maximum Gasteiger partial charge on any atom is 0.0701 e. The van der Waals surface area contributed by atoms with Crippen LogP contribution in [0.15, 0.2) is 0 Å². The van der Waals surface area contributed by atoms with Crippen LogP contribution in [0.25, 0.3) is 0 Å². The van der Waals surface area contributed by atoms with Crippen LogP contribution in [0, 0.1) is 0 Å². The first-order valence-electron chi connectivity index (χ1n) is 7.85. The molecule has 1 heterocycles. The van der Waals surface area contributed by atoms with Crippen molar-refractivity contribution in [2.24, 2.45) is 0 Å². The van der Waals surface area contributed by atoms with Crippen molar-refractivity contribution in [1.82, 2.24) is 10.2 Å². The van der Waals surface area contributed by atoms with Crippen LogP contribution in [0.2, 0.25) is 0 Å². The molecule has 0 saturated carbocycles. The summed E-state index contributed by atoms with van der Waals surface area (Å²) in [5, 5.41) is 3.38. The van der Waals surface area contributed by atoms with E-state index in [1.54, 1.807) is 7.11 Å². The normalized spacial score (nSPS) is 22.1. The van der Waals surface area contributed by atoms with E-state index in [0.717, 1.165) is 13.2 Å². The van der Waals surface area contributed by atoms with Crippen molar-refractivity contribution in [2.45, 2.75) is 38.3 Å². The molecule has 0 aromatic carbocycles. The van der Waals surface area contributed by atoms with Gasteiger partial charge < -0.3 is 19.5 Å². The van der Waals surface area contributed by atoms with E-state index in [-0.39, 0.29) is 0 Å². The average molecular weight is 288 g/mol. The molecule has 20 heavy (non-hydrogen) atoms. The zero-order valence-electron chi connectivity index (χ0n) is 13.4. The van der Waals surface area contributed by atoms with Gasteiger partial charge in [-0.05, 0) is 33.4 Å². The van der Waals surface area contributed by atoms with Gasteiger partial charge in [0.15, 0.2) is 0 Å². The fourth-order valence-electron chi connectivity index (χ4n) is 2.70. The first kappa shape index (κ1) is 17.9. The SMILES string of the molecule is CNC(C)C1CCCCN1CCOCCOCCOC. The van der Waals surface area contributed by atoms with Crippen LogP contribution in [0.3, 0.4) is 0 Å². The maximum atomic E-state index is 5.65. The highest BCUT2D eigenvalue weighted by Crippen LogP contribution is 2.19. The van der Waals surface area contributed by atoms with Gasteiger partial charge in [-0.25, -0.2) is 0 Å². The Morgan fingerprint density at radius 3 is 2.50 bits per heavy atom. The lowest BCUT2D eigenvalue weighted by atomic mass is 9.96. The summed E-state index contributed by atoms with van der Waals surface area (Å²) in [5.74, 6) is 0. The van der Waals surface area contributed by atoms with Crippen LogP contribution in [0.1, 0.15) is 26.2 Å². The van der Waals surface area contributed by atoms with Crippen LogP contribution < -0.4 is 5.32 Å². The first-order chi connectivity index (χ1) is 9.79. The molecule has 0 radical (unpaired) electrons. The second-order valence-corrected chi connectivity index (χ2v) is 5.39. The van der Waals surface area contributed by atoms with Crippen molar-refractivity contribution in [3.63, 3.8) is 0 Å². The van der Waals surface area contributed by atoms with Gasteiger partial charge in [-0.1, -0.05) is 6.42 Å². The van der Waals surface area contributed by atoms with Gasteiger partial charge in [0, 0.05) is 25.7 Å². The van der Waals surface area contributed by atoms with E-state index < -0.39 is 0 Å². The molecule has 120 valence electrons. The quantitative estimate of drug-likeness (QED) is 0.577. The predicted octanol–water partition coefficient (Wildman–Crippen LogP) is 1.13. The van der Waals surface area contributed by atoms with Gasteiger partial charge >= 0.3 is 0 Å². The topological polar surface area (TPSA) is 43.0 Å². The summed E-state index contributed by atoms with van der Waals surface area (Å²) >= 11 is 0. The van der Waals surface area contributed by atoms with Gasteiger partial charge in [0.1, 0.15) is 0 Å². The molecule has 1 fully saturated rings. The largest absolute Gasteiger partial charge is 0.382 e. The van der Waals surface area contributed by atoms with E-state index >= 15 is 0 Å². The second-order valence-electron chi connectivity index (χ2n) is 5.39. The van der Waals surface area contributed by atoms with Crippen molar-refractivity contribution in [1.29, 1.82) is 0 Å². The van der Waals surface area contributed by atoms with Crippen molar-refractivity contribution in [3.8, 4) is 0 Å². The van der Waals surface area contributed by atoms with E-state index in [1.807, 2.05) is 7.05 Å². The summed E-state index contributed by atoms with van der Waals surface area (Å²) in [6.45, 7) is 7.90. The van der Waals surface area contributed by atoms with Crippen molar-refractivity contribution >= 4 is 0 Å². The number of nitrogens with one attached hydrogen (secondary N) is 1. The van der Waals surface area contributed by atoms with Crippen molar-refractivity contribution in [3.05, 3.63) is 0 Å². The molecule has 1 aliphatic rings. The standard InChI is InChI=1S/C15H32N2O3/c1-14(16-2)15-6-4-5-7-17(15)8-9-19-12-13-20-11-10-18-3/h14-16H,4-13H2,1-3H3. The number of nitrogens with zero attached hydrogens (tertiary/aromatic N) is 1. The predicted molar refractivity (Wildman–Crippen MR) is 81.2 cm³/mol. The fraction of sp³-hybridized carbons (Fsp3) is 1.00. The minimum absolute atomic E-state index is 0.549. The van der Waals surface area contributed by atoms with E-state index in [1.165, 1.54) is 25.8 Å². The van der Waals surface area contributed by atoms with Crippen LogP contribution in [0.5, 0.6) is 0 Å². The second kappa shape index (κ2) is 11.5. The molecule has 1 N–H and O–H groups in total. The Kier molecular flexibility index (Phi) is 10.2. The Labute approximate surface area is 123 Å². The summed E-state index contributed by atoms with van der Waals surface area (Å²) < 4.78 is 15.9. The van der Waals surface area contributed by atoms with Gasteiger partial charge in [0.25, 0.3) is 0 Å². The van der Waals surface area contributed by atoms with Crippen molar-refractivity contribution < 1.29 is 14.2 Å². The van der Waals surface area contributed by atoms with Gasteiger partial charge in [0.2, 0.25) is 0 Å². The Bertz CT molecular complexity index is 229. The van der Waals surface area contributed by atoms with Gasteiger partial charge in [0.05, 0.1) is 33.0 Å². The molecular weight excluding hydrogens is 256 g/mol. The molecule has 0 spiro atoms. The number of likely N-dealkylation sites (tertiary alicyclic amines) is 1. The number of likely N-dealkylation sites (N-methyl/N-ethyl adjacent to an activating group) is 1. The minimum Gasteiger partial charge on any atom is -0.382 e. The molecule has 0 aliphatic carbocycles. The maximum absolute atomic E-state index is 5.65. The Morgan fingerprint density at radius 2 is 1.80 bits per heavy atom. The summed E-state index contributed by atoms with van der Waals surface area (Å²) in [4.78, 5) is 2.57. The molecule has 2 atom stereocenters. The minimum atomic E-state index is 0.549. The number of piperidine rings is 1. The lowest BCUT2D eigenvalue weighted by molar-refractivity contribution is 0.0117. The third-order valence-corrected chi connectivity index (χ3v) is 4.02. The lowest BCUT2D eigenvalue weighted by Crippen LogP contribution is -2.51.